The fourth-order valence-electron chi connectivity index (χ4n) is 5.98. The Hall–Kier alpha value is -5.03. The minimum Gasteiger partial charge on any atom is -0.489 e. The van der Waals surface area contributed by atoms with E-state index in [1.165, 1.54) is 30.3 Å². The van der Waals surface area contributed by atoms with Gasteiger partial charge in [-0.3, -0.25) is 4.79 Å². The monoisotopic (exact) mass is 719 g/mol. The van der Waals surface area contributed by atoms with Crippen LogP contribution >= 0.6 is 17.2 Å². The Morgan fingerprint density at radius 1 is 0.667 bits per heavy atom. The van der Waals surface area contributed by atoms with Crippen molar-refractivity contribution >= 4 is 40.5 Å². The maximum absolute atomic E-state index is 12.8. The average molecular weight is 720 g/mol. The van der Waals surface area contributed by atoms with Gasteiger partial charge in [0.2, 0.25) is 5.91 Å². The molecule has 0 saturated carbocycles. The number of rotatable bonds is 13. The molecule has 2 amide bonds. The van der Waals surface area contributed by atoms with Crippen molar-refractivity contribution < 1.29 is 28.6 Å². The maximum atomic E-state index is 12.8. The predicted octanol–water partition coefficient (Wildman–Crippen LogP) is 7.23. The molecule has 2 N–H and O–H groups in total. The van der Waals surface area contributed by atoms with E-state index in [1.807, 2.05) is 69.6 Å². The Kier molecular flexibility index (Phi) is 11.8. The van der Waals surface area contributed by atoms with Gasteiger partial charge in [0.1, 0.15) is 37.7 Å². The van der Waals surface area contributed by atoms with Crippen LogP contribution in [-0.2, 0) is 32.3 Å². The van der Waals surface area contributed by atoms with Crippen LogP contribution in [0.25, 0.3) is 22.3 Å². The lowest BCUT2D eigenvalue weighted by Gasteiger charge is -2.19. The van der Waals surface area contributed by atoms with Crippen molar-refractivity contribution in [3.8, 4) is 28.0 Å². The fourth-order valence-corrected chi connectivity index (χ4v) is 7.09. The van der Waals surface area contributed by atoms with Crippen LogP contribution in [-0.4, -0.2) is 36.7 Å². The van der Waals surface area contributed by atoms with Gasteiger partial charge in [0, 0.05) is 11.2 Å². The first kappa shape index (κ1) is 35.8. The van der Waals surface area contributed by atoms with E-state index in [0.29, 0.717) is 12.4 Å². The zero-order chi connectivity index (χ0) is 35.7. The number of ether oxygens (including phenoxy) is 3. The molecule has 0 heterocycles. The Morgan fingerprint density at radius 2 is 1.22 bits per heavy atom. The number of fused-ring (bicyclic) bond motifs is 3. The molecule has 1 aliphatic carbocycles. The summed E-state index contributed by atoms with van der Waals surface area (Å²) in [7, 11) is 2.80. The molecule has 0 spiro atoms. The van der Waals surface area contributed by atoms with Gasteiger partial charge < -0.3 is 24.8 Å². The highest BCUT2D eigenvalue weighted by Crippen LogP contribution is 2.44. The van der Waals surface area contributed by atoms with Crippen molar-refractivity contribution in [3.63, 3.8) is 0 Å². The third kappa shape index (κ3) is 9.02. The molecule has 6 rings (SSSR count). The largest absolute Gasteiger partial charge is 0.489 e. The van der Waals surface area contributed by atoms with Crippen LogP contribution in [0.1, 0.15) is 42.0 Å². The summed E-state index contributed by atoms with van der Waals surface area (Å²) in [6.45, 7) is 3.66. The lowest BCUT2D eigenvalue weighted by Crippen LogP contribution is -2.49. The zero-order valence-electron chi connectivity index (χ0n) is 28.6. The molecule has 51 heavy (non-hydrogen) atoms. The standard InChI is InChI=1S/C41H40N2O6P2/c1-26(43-41(46)49-25-38-36-9-5-3-7-34(36)35-8-4-6-10-37(35)38)39(44)42-27(2)40(45)48-24-29-13-19-32(20-14-29)47-23-28-11-15-30(16-12-28)31-17-21-33(51-50)22-18-31/h3-22,26-27,38,51H,23-25,50H2,1-2H3,(H,42,44)(H,43,46)/p+1. The Bertz CT molecular complexity index is 1940. The number of esters is 1. The molecule has 4 atom stereocenters. The minimum absolute atomic E-state index is 0.0361. The maximum Gasteiger partial charge on any atom is 0.407 e. The molecule has 10 heteroatoms. The second-order valence-corrected chi connectivity index (χ2v) is 14.4. The highest BCUT2D eigenvalue weighted by molar-refractivity contribution is 8.06. The van der Waals surface area contributed by atoms with Gasteiger partial charge in [0.15, 0.2) is 0 Å². The van der Waals surface area contributed by atoms with Gasteiger partial charge in [-0.15, -0.1) is 0 Å². The number of amides is 2. The van der Waals surface area contributed by atoms with E-state index in [1.54, 1.807) is 0 Å². The molecule has 4 unspecified atom stereocenters. The van der Waals surface area contributed by atoms with Crippen LogP contribution in [0, 0.1) is 0 Å². The topological polar surface area (TPSA) is 103 Å². The van der Waals surface area contributed by atoms with E-state index >= 15 is 0 Å². The molecule has 0 aliphatic heterocycles. The molecule has 0 bridgehead atoms. The number of carbonyl (C=O) groups is 3. The molecule has 0 aromatic heterocycles. The summed E-state index contributed by atoms with van der Waals surface area (Å²) in [4.78, 5) is 38.0. The number of carbonyl (C=O) groups excluding carboxylic acids is 3. The molecule has 1 aliphatic rings. The Balaban J connectivity index is 0.902. The van der Waals surface area contributed by atoms with E-state index in [-0.39, 0.29) is 19.1 Å². The second kappa shape index (κ2) is 16.8. The van der Waals surface area contributed by atoms with Crippen molar-refractivity contribution in [2.24, 2.45) is 0 Å². The normalized spacial score (nSPS) is 13.2. The Labute approximate surface area is 302 Å². The highest BCUT2D eigenvalue weighted by Gasteiger charge is 2.29. The number of benzene rings is 5. The van der Waals surface area contributed by atoms with Crippen LogP contribution in [0.2, 0.25) is 0 Å². The summed E-state index contributed by atoms with van der Waals surface area (Å²) >= 11 is 0. The van der Waals surface area contributed by atoms with Crippen LogP contribution in [0.4, 0.5) is 4.79 Å². The van der Waals surface area contributed by atoms with Crippen LogP contribution in [0.15, 0.2) is 121 Å². The smallest absolute Gasteiger partial charge is 0.407 e. The molecule has 8 nitrogen and oxygen atoms in total. The molecule has 5 aromatic carbocycles. The summed E-state index contributed by atoms with van der Waals surface area (Å²) < 4.78 is 16.9. The van der Waals surface area contributed by atoms with Crippen molar-refractivity contribution in [3.05, 3.63) is 144 Å². The van der Waals surface area contributed by atoms with Gasteiger partial charge in [-0.05, 0) is 79.4 Å². The minimum atomic E-state index is -0.931. The third-order valence-electron chi connectivity index (χ3n) is 8.87. The van der Waals surface area contributed by atoms with E-state index < -0.39 is 30.1 Å². The van der Waals surface area contributed by atoms with Crippen molar-refractivity contribution in [2.45, 2.75) is 45.1 Å². The number of hydrogen-bond donors (Lipinski definition) is 2. The molecule has 5 aromatic rings. The molecular weight excluding hydrogens is 678 g/mol. The van der Waals surface area contributed by atoms with Crippen LogP contribution in [0.3, 0.4) is 0 Å². The van der Waals surface area contributed by atoms with Gasteiger partial charge >= 0.3 is 12.1 Å². The average Bonchev–Trinajstić information content (AvgIpc) is 3.49. The molecular formula is C41H41N2O6P2+. The number of alkyl carbamates (subject to hydrolysis) is 1. The van der Waals surface area contributed by atoms with E-state index in [4.69, 9.17) is 14.2 Å². The lowest BCUT2D eigenvalue weighted by atomic mass is 9.98. The summed E-state index contributed by atoms with van der Waals surface area (Å²) in [6.07, 6.45) is -0.714. The first-order chi connectivity index (χ1) is 24.8. The third-order valence-corrected chi connectivity index (χ3v) is 10.8. The second-order valence-electron chi connectivity index (χ2n) is 12.4. The van der Waals surface area contributed by atoms with Gasteiger partial charge in [0.05, 0.1) is 8.27 Å². The molecule has 260 valence electrons. The highest BCUT2D eigenvalue weighted by atomic mass is 32.0. The van der Waals surface area contributed by atoms with E-state index in [0.717, 1.165) is 41.7 Å². The van der Waals surface area contributed by atoms with E-state index in [9.17, 15) is 14.4 Å². The molecule has 0 fully saturated rings. The summed E-state index contributed by atoms with van der Waals surface area (Å²) in [5.74, 6) is -0.522. The Morgan fingerprint density at radius 3 is 1.82 bits per heavy atom. The number of nitrogens with one attached hydrogen (secondary N) is 2. The first-order valence-corrected chi connectivity index (χ1v) is 20.1. The van der Waals surface area contributed by atoms with Crippen LogP contribution in [0.5, 0.6) is 5.75 Å². The lowest BCUT2D eigenvalue weighted by molar-refractivity contribution is -0.148. The quantitative estimate of drug-likeness (QED) is 0.0984. The summed E-state index contributed by atoms with van der Waals surface area (Å²) in [6, 6.07) is 38.6. The zero-order valence-corrected chi connectivity index (χ0v) is 31.0. The van der Waals surface area contributed by atoms with Crippen molar-refractivity contribution in [1.82, 2.24) is 10.6 Å². The van der Waals surface area contributed by atoms with Gasteiger partial charge in [-0.2, -0.15) is 0 Å². The predicted molar refractivity (Wildman–Crippen MR) is 207 cm³/mol. The van der Waals surface area contributed by atoms with Gasteiger partial charge in [-0.1, -0.05) is 109 Å². The summed E-state index contributed by atoms with van der Waals surface area (Å²) in [5, 5.41) is 6.52. The van der Waals surface area contributed by atoms with Crippen LogP contribution < -0.4 is 20.7 Å². The molecule has 0 saturated heterocycles. The summed E-state index contributed by atoms with van der Waals surface area (Å²) in [5.41, 5.74) is 8.65. The van der Waals surface area contributed by atoms with Gasteiger partial charge in [0.25, 0.3) is 0 Å². The van der Waals surface area contributed by atoms with Gasteiger partial charge in [-0.25, -0.2) is 9.59 Å². The number of hydrogen-bond acceptors (Lipinski definition) is 6. The van der Waals surface area contributed by atoms with Crippen molar-refractivity contribution in [1.29, 1.82) is 0 Å². The van der Waals surface area contributed by atoms with E-state index in [2.05, 4.69) is 71.3 Å². The SMILES string of the molecule is CC(NC(=O)OCC1c2ccccc2-c2ccccc21)C(=O)NC(C)C(=O)OCc1ccc(OCc2ccc(-c3ccc(P[PH3+])cc3)cc2)cc1. The fraction of sp³-hybridized carbons (Fsp3) is 0.195. The first-order valence-electron chi connectivity index (χ1n) is 16.8. The molecule has 0 radical (unpaired) electrons. The van der Waals surface area contributed by atoms with Crippen molar-refractivity contribution in [2.75, 3.05) is 6.61 Å².